The number of nitrogens with one attached hydrogen (secondary N) is 1. The van der Waals surface area contributed by atoms with Crippen molar-refractivity contribution >= 4 is 12.0 Å². The van der Waals surface area contributed by atoms with Gasteiger partial charge in [0.05, 0.1) is 6.54 Å². The molecular formula is C12H16N2O4. The van der Waals surface area contributed by atoms with Crippen LogP contribution in [0.3, 0.4) is 0 Å². The molecule has 6 nitrogen and oxygen atoms in total. The molecule has 2 amide bonds. The van der Waals surface area contributed by atoms with Crippen molar-refractivity contribution in [3.05, 3.63) is 35.9 Å². The molecule has 98 valence electrons. The molecule has 1 aromatic rings. The van der Waals surface area contributed by atoms with Crippen LogP contribution in [0.5, 0.6) is 0 Å². The van der Waals surface area contributed by atoms with Crippen molar-refractivity contribution in [2.24, 2.45) is 0 Å². The number of hydrogen-bond acceptors (Lipinski definition) is 3. The topological polar surface area (TPSA) is 89.9 Å². The van der Waals surface area contributed by atoms with Crippen LogP contribution in [-0.4, -0.2) is 46.8 Å². The molecule has 6 heteroatoms. The molecule has 0 aliphatic carbocycles. The van der Waals surface area contributed by atoms with Crippen LogP contribution in [0, 0.1) is 0 Å². The van der Waals surface area contributed by atoms with Gasteiger partial charge in [0.1, 0.15) is 0 Å². The standard InChI is InChI=1S/C12H16N2O4/c1-14(8-9-5-3-2-4-6-9)12(18)13-7-10(15)11(16)17/h2-6,10,15H,7-8H2,1H3,(H,13,18)(H,16,17)/t10-/m0/s1. The van der Waals surface area contributed by atoms with E-state index in [-0.39, 0.29) is 6.54 Å². The number of hydrogen-bond donors (Lipinski definition) is 3. The molecule has 0 bridgehead atoms. The van der Waals surface area contributed by atoms with Crippen LogP contribution in [0.1, 0.15) is 5.56 Å². The van der Waals surface area contributed by atoms with Crippen molar-refractivity contribution in [1.82, 2.24) is 10.2 Å². The molecule has 3 N–H and O–H groups in total. The first-order valence-electron chi connectivity index (χ1n) is 5.44. The Morgan fingerprint density at radius 1 is 1.33 bits per heavy atom. The van der Waals surface area contributed by atoms with Crippen molar-refractivity contribution < 1.29 is 19.8 Å². The number of carboxylic acid groups (broad SMARTS) is 1. The van der Waals surface area contributed by atoms with Crippen molar-refractivity contribution in [2.75, 3.05) is 13.6 Å². The van der Waals surface area contributed by atoms with Gasteiger partial charge in [-0.25, -0.2) is 9.59 Å². The summed E-state index contributed by atoms with van der Waals surface area (Å²) in [4.78, 5) is 23.3. The zero-order valence-electron chi connectivity index (χ0n) is 10.0. The first-order valence-corrected chi connectivity index (χ1v) is 5.44. The number of benzene rings is 1. The Labute approximate surface area is 105 Å². The Morgan fingerprint density at radius 2 is 1.94 bits per heavy atom. The van der Waals surface area contributed by atoms with Gasteiger partial charge in [0.15, 0.2) is 6.10 Å². The Bertz CT molecular complexity index is 408. The normalized spacial score (nSPS) is 11.7. The Morgan fingerprint density at radius 3 is 2.50 bits per heavy atom. The van der Waals surface area contributed by atoms with E-state index in [9.17, 15) is 9.59 Å². The summed E-state index contributed by atoms with van der Waals surface area (Å²) in [6, 6.07) is 8.96. The van der Waals surface area contributed by atoms with E-state index in [1.54, 1.807) is 7.05 Å². The lowest BCUT2D eigenvalue weighted by Gasteiger charge is -2.18. The largest absolute Gasteiger partial charge is 0.479 e. The monoisotopic (exact) mass is 252 g/mol. The van der Waals surface area contributed by atoms with Gasteiger partial charge >= 0.3 is 12.0 Å². The lowest BCUT2D eigenvalue weighted by molar-refractivity contribution is -0.146. The molecular weight excluding hydrogens is 236 g/mol. The summed E-state index contributed by atoms with van der Waals surface area (Å²) in [5, 5.41) is 19.8. The highest BCUT2D eigenvalue weighted by molar-refractivity contribution is 5.76. The van der Waals surface area contributed by atoms with Gasteiger partial charge in [0, 0.05) is 13.6 Å². The maximum atomic E-state index is 11.6. The fourth-order valence-electron chi connectivity index (χ4n) is 1.34. The number of aliphatic hydroxyl groups excluding tert-OH is 1. The van der Waals surface area contributed by atoms with Crippen LogP contribution >= 0.6 is 0 Å². The van der Waals surface area contributed by atoms with Gasteiger partial charge in [0.2, 0.25) is 0 Å². The molecule has 0 aromatic heterocycles. The van der Waals surface area contributed by atoms with E-state index in [1.165, 1.54) is 4.90 Å². The third-order valence-electron chi connectivity index (χ3n) is 2.34. The number of amides is 2. The SMILES string of the molecule is CN(Cc1ccccc1)C(=O)NC[C@H](O)C(=O)O. The summed E-state index contributed by atoms with van der Waals surface area (Å²) in [5.41, 5.74) is 0.967. The fourth-order valence-corrected chi connectivity index (χ4v) is 1.34. The first-order chi connectivity index (χ1) is 8.50. The smallest absolute Gasteiger partial charge is 0.334 e. The van der Waals surface area contributed by atoms with Crippen LogP contribution in [0.4, 0.5) is 4.79 Å². The molecule has 1 rings (SSSR count). The van der Waals surface area contributed by atoms with Gasteiger partial charge in [-0.1, -0.05) is 30.3 Å². The Hall–Kier alpha value is -2.08. The van der Waals surface area contributed by atoms with Crippen LogP contribution < -0.4 is 5.32 Å². The summed E-state index contributed by atoms with van der Waals surface area (Å²) in [5.74, 6) is -1.36. The van der Waals surface area contributed by atoms with Crippen LogP contribution in [0.2, 0.25) is 0 Å². The molecule has 0 saturated carbocycles. The maximum Gasteiger partial charge on any atom is 0.334 e. The van der Waals surface area contributed by atoms with Crippen molar-refractivity contribution in [3.8, 4) is 0 Å². The fraction of sp³-hybridized carbons (Fsp3) is 0.333. The molecule has 0 aliphatic rings. The minimum Gasteiger partial charge on any atom is -0.479 e. The van der Waals surface area contributed by atoms with Gasteiger partial charge in [0.25, 0.3) is 0 Å². The Kier molecular flexibility index (Phi) is 5.13. The minimum absolute atomic E-state index is 0.312. The van der Waals surface area contributed by atoms with Gasteiger partial charge in [-0.05, 0) is 5.56 Å². The second kappa shape index (κ2) is 6.61. The number of aliphatic hydroxyl groups is 1. The number of carboxylic acids is 1. The zero-order valence-corrected chi connectivity index (χ0v) is 10.0. The van der Waals surface area contributed by atoms with Crippen molar-refractivity contribution in [3.63, 3.8) is 0 Å². The number of aliphatic carboxylic acids is 1. The highest BCUT2D eigenvalue weighted by atomic mass is 16.4. The third kappa shape index (κ3) is 4.42. The highest BCUT2D eigenvalue weighted by Gasteiger charge is 2.15. The molecule has 0 fully saturated rings. The molecule has 18 heavy (non-hydrogen) atoms. The number of rotatable bonds is 5. The number of nitrogens with zero attached hydrogens (tertiary/aromatic N) is 1. The summed E-state index contributed by atoms with van der Waals surface area (Å²) >= 11 is 0. The molecule has 0 saturated heterocycles. The van der Waals surface area contributed by atoms with Crippen molar-refractivity contribution in [2.45, 2.75) is 12.6 Å². The first kappa shape index (κ1) is 14.0. The number of carbonyl (C=O) groups excluding carboxylic acids is 1. The van der Waals surface area contributed by atoms with E-state index in [0.29, 0.717) is 6.54 Å². The quantitative estimate of drug-likeness (QED) is 0.701. The molecule has 0 heterocycles. The lowest BCUT2D eigenvalue weighted by Crippen LogP contribution is -2.42. The number of carbonyl (C=O) groups is 2. The van der Waals surface area contributed by atoms with E-state index in [4.69, 9.17) is 10.2 Å². The van der Waals surface area contributed by atoms with Gasteiger partial charge in [-0.2, -0.15) is 0 Å². The third-order valence-corrected chi connectivity index (χ3v) is 2.34. The van der Waals surface area contributed by atoms with Crippen LogP contribution in [0.15, 0.2) is 30.3 Å². The van der Waals surface area contributed by atoms with E-state index < -0.39 is 18.1 Å². The summed E-state index contributed by atoms with van der Waals surface area (Å²) in [6.45, 7) is 0.100. The molecule has 0 spiro atoms. The minimum atomic E-state index is -1.58. The van der Waals surface area contributed by atoms with E-state index >= 15 is 0 Å². The van der Waals surface area contributed by atoms with Crippen LogP contribution in [-0.2, 0) is 11.3 Å². The summed E-state index contributed by atoms with van der Waals surface area (Å²) < 4.78 is 0. The molecule has 0 aliphatic heterocycles. The second-order valence-electron chi connectivity index (χ2n) is 3.88. The summed E-state index contributed by atoms with van der Waals surface area (Å²) in [7, 11) is 1.59. The lowest BCUT2D eigenvalue weighted by atomic mass is 10.2. The van der Waals surface area contributed by atoms with E-state index in [2.05, 4.69) is 5.32 Å². The van der Waals surface area contributed by atoms with Gasteiger partial charge < -0.3 is 20.4 Å². The zero-order chi connectivity index (χ0) is 13.5. The van der Waals surface area contributed by atoms with Crippen molar-refractivity contribution in [1.29, 1.82) is 0 Å². The molecule has 0 radical (unpaired) electrons. The maximum absolute atomic E-state index is 11.6. The van der Waals surface area contributed by atoms with Gasteiger partial charge in [-0.3, -0.25) is 0 Å². The Balaban J connectivity index is 2.40. The predicted octanol–water partition coefficient (Wildman–Crippen LogP) is 0.274. The summed E-state index contributed by atoms with van der Waals surface area (Å²) in [6.07, 6.45) is -1.58. The predicted molar refractivity (Wildman–Crippen MR) is 65.0 cm³/mol. The molecule has 0 unspecified atom stereocenters. The average molecular weight is 252 g/mol. The highest BCUT2D eigenvalue weighted by Crippen LogP contribution is 2.02. The average Bonchev–Trinajstić information content (AvgIpc) is 2.36. The van der Waals surface area contributed by atoms with Crippen LogP contribution in [0.25, 0.3) is 0 Å². The number of urea groups is 1. The molecule has 1 atom stereocenters. The van der Waals surface area contributed by atoms with Gasteiger partial charge in [-0.15, -0.1) is 0 Å². The molecule has 1 aromatic carbocycles. The van der Waals surface area contributed by atoms with E-state index in [0.717, 1.165) is 5.56 Å². The van der Waals surface area contributed by atoms with E-state index in [1.807, 2.05) is 30.3 Å². The second-order valence-corrected chi connectivity index (χ2v) is 3.88.